The molecule has 1 heterocycles. The Morgan fingerprint density at radius 3 is 2.60 bits per heavy atom. The molecule has 1 amide bonds. The Hall–Kier alpha value is -2.01. The Morgan fingerprint density at radius 2 is 2.00 bits per heavy atom. The van der Waals surface area contributed by atoms with Gasteiger partial charge in [0.15, 0.2) is 0 Å². The summed E-state index contributed by atoms with van der Waals surface area (Å²) in [7, 11) is 0. The number of amides is 1. The first-order valence-corrected chi connectivity index (χ1v) is 7.03. The Morgan fingerprint density at radius 1 is 1.25 bits per heavy atom. The maximum Gasteiger partial charge on any atom is 0.272 e. The predicted molar refractivity (Wildman–Crippen MR) is 82.7 cm³/mol. The summed E-state index contributed by atoms with van der Waals surface area (Å²) in [6.45, 7) is 2.00. The minimum atomic E-state index is -0.263. The van der Waals surface area contributed by atoms with Gasteiger partial charge in [-0.3, -0.25) is 9.78 Å². The normalized spacial score (nSPS) is 11.2. The van der Waals surface area contributed by atoms with E-state index >= 15 is 0 Å². The van der Waals surface area contributed by atoms with Crippen molar-refractivity contribution < 1.29 is 4.79 Å². The summed E-state index contributed by atoms with van der Waals surface area (Å²) in [5.74, 6) is -0.263. The summed E-state index contributed by atoms with van der Waals surface area (Å²) in [6.07, 6.45) is 3.87. The highest BCUT2D eigenvalue weighted by molar-refractivity contribution is 9.10. The number of pyridine rings is 1. The molecule has 0 saturated carbocycles. The highest BCUT2D eigenvalue weighted by Gasteiger charge is 2.05. The predicted octanol–water partition coefficient (Wildman–Crippen LogP) is 3.39. The molecular formula is C15H14BrN3O. The van der Waals surface area contributed by atoms with Gasteiger partial charge in [0.05, 0.1) is 11.3 Å². The Balaban J connectivity index is 2.12. The van der Waals surface area contributed by atoms with Crippen LogP contribution in [-0.4, -0.2) is 16.6 Å². The average Bonchev–Trinajstić information content (AvgIpc) is 2.50. The Kier molecular flexibility index (Phi) is 5.01. The van der Waals surface area contributed by atoms with Gasteiger partial charge in [-0.05, 0) is 36.2 Å². The van der Waals surface area contributed by atoms with Gasteiger partial charge in [0.1, 0.15) is 0 Å². The largest absolute Gasteiger partial charge is 0.272 e. The summed E-state index contributed by atoms with van der Waals surface area (Å²) < 4.78 is 1.01. The van der Waals surface area contributed by atoms with E-state index in [1.807, 2.05) is 31.2 Å². The zero-order valence-electron chi connectivity index (χ0n) is 11.0. The van der Waals surface area contributed by atoms with Gasteiger partial charge in [-0.15, -0.1) is 0 Å². The molecule has 0 aliphatic carbocycles. The van der Waals surface area contributed by atoms with Crippen LogP contribution >= 0.6 is 15.9 Å². The highest BCUT2D eigenvalue weighted by Crippen LogP contribution is 2.12. The van der Waals surface area contributed by atoms with Gasteiger partial charge < -0.3 is 0 Å². The van der Waals surface area contributed by atoms with Crippen LogP contribution in [0, 0.1) is 0 Å². The third kappa shape index (κ3) is 3.74. The number of nitrogens with one attached hydrogen (secondary N) is 1. The molecule has 4 nitrogen and oxygen atoms in total. The maximum absolute atomic E-state index is 11.9. The molecule has 2 aromatic rings. The second-order valence-electron chi connectivity index (χ2n) is 4.10. The number of hydrogen-bond donors (Lipinski definition) is 1. The summed E-state index contributed by atoms with van der Waals surface area (Å²) in [5.41, 5.74) is 4.87. The van der Waals surface area contributed by atoms with Gasteiger partial charge in [0, 0.05) is 16.9 Å². The van der Waals surface area contributed by atoms with Crippen molar-refractivity contribution in [3.63, 3.8) is 0 Å². The van der Waals surface area contributed by atoms with Crippen molar-refractivity contribution in [3.8, 4) is 0 Å². The number of rotatable bonds is 4. The monoisotopic (exact) mass is 331 g/mol. The first kappa shape index (κ1) is 14.4. The number of benzene rings is 1. The second kappa shape index (κ2) is 6.96. The summed E-state index contributed by atoms with van der Waals surface area (Å²) in [5, 5.41) is 4.19. The van der Waals surface area contributed by atoms with Crippen LogP contribution in [0.15, 0.2) is 58.4 Å². The SMILES string of the molecule is CCC(=NNC(=O)c1cccnc1)c1ccc(Br)cc1. The first-order valence-electron chi connectivity index (χ1n) is 6.23. The van der Waals surface area contributed by atoms with E-state index in [4.69, 9.17) is 0 Å². The zero-order chi connectivity index (χ0) is 14.4. The van der Waals surface area contributed by atoms with Gasteiger partial charge in [-0.1, -0.05) is 35.0 Å². The van der Waals surface area contributed by atoms with Crippen LogP contribution in [0.3, 0.4) is 0 Å². The van der Waals surface area contributed by atoms with Crippen LogP contribution in [0.1, 0.15) is 29.3 Å². The second-order valence-corrected chi connectivity index (χ2v) is 5.02. The fourth-order valence-corrected chi connectivity index (χ4v) is 1.93. The quantitative estimate of drug-likeness (QED) is 0.689. The first-order chi connectivity index (χ1) is 9.70. The summed E-state index contributed by atoms with van der Waals surface area (Å²) in [4.78, 5) is 15.8. The van der Waals surface area contributed by atoms with E-state index < -0.39 is 0 Å². The molecule has 1 aromatic heterocycles. The van der Waals surface area contributed by atoms with Crippen molar-refractivity contribution in [3.05, 3.63) is 64.4 Å². The lowest BCUT2D eigenvalue weighted by atomic mass is 10.1. The van der Waals surface area contributed by atoms with E-state index in [0.29, 0.717) is 5.56 Å². The molecule has 2 rings (SSSR count). The van der Waals surface area contributed by atoms with Crippen molar-refractivity contribution in [1.29, 1.82) is 0 Å². The Bertz CT molecular complexity index is 609. The molecular weight excluding hydrogens is 318 g/mol. The van der Waals surface area contributed by atoms with Crippen molar-refractivity contribution in [1.82, 2.24) is 10.4 Å². The third-order valence-electron chi connectivity index (χ3n) is 2.73. The van der Waals surface area contributed by atoms with E-state index in [1.165, 1.54) is 6.20 Å². The summed E-state index contributed by atoms with van der Waals surface area (Å²) in [6, 6.07) is 11.2. The number of hydrogen-bond acceptors (Lipinski definition) is 3. The van der Waals surface area contributed by atoms with Crippen LogP contribution in [0.4, 0.5) is 0 Å². The third-order valence-corrected chi connectivity index (χ3v) is 3.26. The lowest BCUT2D eigenvalue weighted by Gasteiger charge is -2.05. The van der Waals surface area contributed by atoms with Gasteiger partial charge >= 0.3 is 0 Å². The highest BCUT2D eigenvalue weighted by atomic mass is 79.9. The molecule has 0 fully saturated rings. The van der Waals surface area contributed by atoms with Gasteiger partial charge in [0.25, 0.3) is 5.91 Å². The van der Waals surface area contributed by atoms with Crippen molar-refractivity contribution in [2.45, 2.75) is 13.3 Å². The van der Waals surface area contributed by atoms with Crippen LogP contribution < -0.4 is 5.43 Å². The van der Waals surface area contributed by atoms with Crippen molar-refractivity contribution in [2.75, 3.05) is 0 Å². The zero-order valence-corrected chi connectivity index (χ0v) is 12.6. The molecule has 0 bridgehead atoms. The van der Waals surface area contributed by atoms with E-state index in [9.17, 15) is 4.79 Å². The van der Waals surface area contributed by atoms with Gasteiger partial charge in [-0.2, -0.15) is 5.10 Å². The molecule has 0 radical (unpaired) electrons. The van der Waals surface area contributed by atoms with Gasteiger partial charge in [0.2, 0.25) is 0 Å². The lowest BCUT2D eigenvalue weighted by Crippen LogP contribution is -2.20. The fraction of sp³-hybridized carbons (Fsp3) is 0.133. The molecule has 0 atom stereocenters. The molecule has 0 spiro atoms. The van der Waals surface area contributed by atoms with Crippen molar-refractivity contribution >= 4 is 27.5 Å². The molecule has 102 valence electrons. The minimum absolute atomic E-state index is 0.263. The number of carbonyl (C=O) groups is 1. The van der Waals surface area contributed by atoms with E-state index in [1.54, 1.807) is 18.3 Å². The van der Waals surface area contributed by atoms with Crippen LogP contribution in [0.2, 0.25) is 0 Å². The van der Waals surface area contributed by atoms with Crippen LogP contribution in [0.5, 0.6) is 0 Å². The molecule has 1 aromatic carbocycles. The van der Waals surface area contributed by atoms with E-state index in [2.05, 4.69) is 31.4 Å². The average molecular weight is 332 g/mol. The fourth-order valence-electron chi connectivity index (χ4n) is 1.67. The molecule has 1 N–H and O–H groups in total. The number of halogens is 1. The molecule has 0 aliphatic rings. The smallest absolute Gasteiger partial charge is 0.267 e. The minimum Gasteiger partial charge on any atom is -0.267 e. The number of nitrogens with zero attached hydrogens (tertiary/aromatic N) is 2. The van der Waals surface area contributed by atoms with Crippen LogP contribution in [-0.2, 0) is 0 Å². The topological polar surface area (TPSA) is 54.4 Å². The molecule has 0 saturated heterocycles. The van der Waals surface area contributed by atoms with Crippen molar-refractivity contribution in [2.24, 2.45) is 5.10 Å². The van der Waals surface area contributed by atoms with Crippen LogP contribution in [0.25, 0.3) is 0 Å². The molecule has 0 unspecified atom stereocenters. The number of aromatic nitrogens is 1. The Labute approximate surface area is 126 Å². The summed E-state index contributed by atoms with van der Waals surface area (Å²) >= 11 is 3.39. The number of carbonyl (C=O) groups excluding carboxylic acids is 1. The lowest BCUT2D eigenvalue weighted by molar-refractivity contribution is 0.0954. The maximum atomic E-state index is 11.9. The standard InChI is InChI=1S/C15H14BrN3O/c1-2-14(11-5-7-13(16)8-6-11)18-19-15(20)12-4-3-9-17-10-12/h3-10H,2H2,1H3,(H,19,20). The molecule has 0 aliphatic heterocycles. The number of hydrazone groups is 1. The van der Waals surface area contributed by atoms with E-state index in [-0.39, 0.29) is 5.91 Å². The molecule has 5 heteroatoms. The molecule has 20 heavy (non-hydrogen) atoms. The van der Waals surface area contributed by atoms with E-state index in [0.717, 1.165) is 22.2 Å². The van der Waals surface area contributed by atoms with Gasteiger partial charge in [-0.25, -0.2) is 5.43 Å².